The van der Waals surface area contributed by atoms with Crippen molar-refractivity contribution >= 4 is 17.7 Å². The van der Waals surface area contributed by atoms with Gasteiger partial charge in [-0.2, -0.15) is 0 Å². The van der Waals surface area contributed by atoms with E-state index in [1.54, 1.807) is 6.08 Å². The van der Waals surface area contributed by atoms with Crippen molar-refractivity contribution in [2.75, 3.05) is 38.0 Å². The van der Waals surface area contributed by atoms with E-state index in [1.165, 1.54) is 35.3 Å². The van der Waals surface area contributed by atoms with Crippen molar-refractivity contribution in [2.24, 2.45) is 5.41 Å². The highest BCUT2D eigenvalue weighted by molar-refractivity contribution is 5.65. The highest BCUT2D eigenvalue weighted by Gasteiger charge is 2.40. The second-order valence-electron chi connectivity index (χ2n) is 8.34. The molecule has 3 heteroatoms. The third kappa shape index (κ3) is 4.14. The van der Waals surface area contributed by atoms with Gasteiger partial charge >= 0.3 is 0 Å². The third-order valence-corrected chi connectivity index (χ3v) is 6.10. The number of hydrogen-bond donors (Lipinski definition) is 0. The molecule has 2 aromatic rings. The summed E-state index contributed by atoms with van der Waals surface area (Å²) in [5.41, 5.74) is 5.05. The number of carbonyl (C=O) groups is 1. The van der Waals surface area contributed by atoms with E-state index >= 15 is 0 Å². The fourth-order valence-electron chi connectivity index (χ4n) is 4.60. The van der Waals surface area contributed by atoms with Gasteiger partial charge in [0, 0.05) is 45.5 Å². The van der Waals surface area contributed by atoms with Crippen LogP contribution in [-0.2, 0) is 4.79 Å². The maximum Gasteiger partial charge on any atom is 0.142 e. The number of hydrogen-bond acceptors (Lipinski definition) is 3. The Morgan fingerprint density at radius 1 is 0.786 bits per heavy atom. The van der Waals surface area contributed by atoms with E-state index in [-0.39, 0.29) is 11.3 Å². The third-order valence-electron chi connectivity index (χ3n) is 6.10. The second kappa shape index (κ2) is 8.64. The van der Waals surface area contributed by atoms with Crippen molar-refractivity contribution in [2.45, 2.75) is 31.6 Å². The minimum absolute atomic E-state index is 0.000175. The van der Waals surface area contributed by atoms with Crippen LogP contribution >= 0.6 is 0 Å². The molecule has 1 aliphatic rings. The van der Waals surface area contributed by atoms with Crippen LogP contribution in [-0.4, -0.2) is 34.5 Å². The van der Waals surface area contributed by atoms with E-state index in [9.17, 15) is 4.79 Å². The molecule has 148 valence electrons. The maximum absolute atomic E-state index is 11.1. The summed E-state index contributed by atoms with van der Waals surface area (Å²) in [7, 11) is 8.27. The van der Waals surface area contributed by atoms with Crippen molar-refractivity contribution in [1.82, 2.24) is 0 Å². The second-order valence-corrected chi connectivity index (χ2v) is 8.34. The molecule has 1 saturated carbocycles. The molecule has 0 aliphatic heterocycles. The van der Waals surface area contributed by atoms with Crippen LogP contribution in [0.25, 0.3) is 0 Å². The molecule has 0 amide bonds. The summed E-state index contributed by atoms with van der Waals surface area (Å²) in [6.45, 7) is 0. The van der Waals surface area contributed by atoms with Crippen LogP contribution < -0.4 is 9.80 Å². The Morgan fingerprint density at radius 2 is 1.21 bits per heavy atom. The first-order chi connectivity index (χ1) is 13.5. The minimum Gasteiger partial charge on any atom is -0.378 e. The smallest absolute Gasteiger partial charge is 0.142 e. The van der Waals surface area contributed by atoms with Gasteiger partial charge in [0.25, 0.3) is 0 Å². The summed E-state index contributed by atoms with van der Waals surface area (Å²) in [4.78, 5) is 15.4. The summed E-state index contributed by atoms with van der Waals surface area (Å²) in [5, 5.41) is 0. The van der Waals surface area contributed by atoms with Gasteiger partial charge in [-0.05, 0) is 59.7 Å². The van der Waals surface area contributed by atoms with Gasteiger partial charge in [-0.3, -0.25) is 4.79 Å². The molecular weight excluding hydrogens is 344 g/mol. The topological polar surface area (TPSA) is 23.6 Å². The van der Waals surface area contributed by atoms with Crippen LogP contribution in [0.1, 0.15) is 42.7 Å². The fraction of sp³-hybridized carbons (Fsp3) is 0.400. The first-order valence-corrected chi connectivity index (χ1v) is 10.1. The zero-order valence-corrected chi connectivity index (χ0v) is 17.6. The van der Waals surface area contributed by atoms with Gasteiger partial charge in [0.15, 0.2) is 0 Å². The van der Waals surface area contributed by atoms with Crippen molar-refractivity contribution < 1.29 is 4.79 Å². The summed E-state index contributed by atoms with van der Waals surface area (Å²) < 4.78 is 0. The molecule has 0 bridgehead atoms. The molecule has 0 N–H and O–H groups in total. The molecule has 0 saturated heterocycles. The van der Waals surface area contributed by atoms with Crippen LogP contribution in [0.2, 0.25) is 0 Å². The van der Waals surface area contributed by atoms with Gasteiger partial charge in [0.05, 0.1) is 0 Å². The molecule has 3 rings (SSSR count). The lowest BCUT2D eigenvalue weighted by atomic mass is 9.67. The average Bonchev–Trinajstić information content (AvgIpc) is 3.17. The quantitative estimate of drug-likeness (QED) is 0.486. The van der Waals surface area contributed by atoms with E-state index < -0.39 is 0 Å². The lowest BCUT2D eigenvalue weighted by molar-refractivity contribution is -0.104. The molecule has 3 nitrogen and oxygen atoms in total. The van der Waals surface area contributed by atoms with Gasteiger partial charge in [0.1, 0.15) is 6.29 Å². The SMILES string of the molecule is CN(C)c1ccc(C(c2ccc(N(C)C)cc2)C2(/C=C/C=O)CCCC2)cc1. The Hall–Kier alpha value is -2.55. The molecule has 2 aromatic carbocycles. The molecule has 0 heterocycles. The first kappa shape index (κ1) is 20.2. The standard InChI is InChI=1S/C25H32N2O/c1-26(2)22-12-8-20(9-13-22)24(21-10-14-23(15-11-21)27(3)4)25(18-7-19-28)16-5-6-17-25/h7-15,18-19,24H,5-6,16-17H2,1-4H3/b18-7+. The predicted octanol–water partition coefficient (Wildman–Crippen LogP) is 5.27. The zero-order chi connectivity index (χ0) is 20.1. The monoisotopic (exact) mass is 376 g/mol. The van der Waals surface area contributed by atoms with Crippen LogP contribution in [0.5, 0.6) is 0 Å². The Balaban J connectivity index is 2.09. The Bertz CT molecular complexity index is 746. The Morgan fingerprint density at radius 3 is 1.57 bits per heavy atom. The first-order valence-electron chi connectivity index (χ1n) is 10.1. The number of benzene rings is 2. The summed E-state index contributed by atoms with van der Waals surface area (Å²) in [6.07, 6.45) is 9.47. The van der Waals surface area contributed by atoms with E-state index in [2.05, 4.69) is 92.6 Å². The van der Waals surface area contributed by atoms with Crippen molar-refractivity contribution in [1.29, 1.82) is 0 Å². The molecule has 0 aromatic heterocycles. The molecule has 28 heavy (non-hydrogen) atoms. The number of carbonyl (C=O) groups excluding carboxylic acids is 1. The molecule has 0 atom stereocenters. The molecule has 1 fully saturated rings. The van der Waals surface area contributed by atoms with E-state index in [4.69, 9.17) is 0 Å². The van der Waals surface area contributed by atoms with E-state index in [1.807, 2.05) is 0 Å². The summed E-state index contributed by atoms with van der Waals surface area (Å²) >= 11 is 0. The lowest BCUT2D eigenvalue weighted by Gasteiger charge is -2.36. The van der Waals surface area contributed by atoms with Crippen molar-refractivity contribution in [3.05, 3.63) is 71.8 Å². The van der Waals surface area contributed by atoms with Crippen LogP contribution in [0.3, 0.4) is 0 Å². The number of anilines is 2. The minimum atomic E-state index is 0.000175. The highest BCUT2D eigenvalue weighted by atomic mass is 16.1. The van der Waals surface area contributed by atoms with Gasteiger partial charge in [-0.15, -0.1) is 0 Å². The van der Waals surface area contributed by atoms with Gasteiger partial charge < -0.3 is 9.80 Å². The number of nitrogens with zero attached hydrogens (tertiary/aromatic N) is 2. The normalized spacial score (nSPS) is 15.9. The molecule has 1 aliphatic carbocycles. The zero-order valence-electron chi connectivity index (χ0n) is 17.6. The molecule has 0 radical (unpaired) electrons. The van der Waals surface area contributed by atoms with Gasteiger partial charge in [-0.1, -0.05) is 43.2 Å². The highest BCUT2D eigenvalue weighted by Crippen LogP contribution is 2.53. The number of aldehydes is 1. The van der Waals surface area contributed by atoms with E-state index in [0.717, 1.165) is 19.1 Å². The van der Waals surface area contributed by atoms with Crippen LogP contribution in [0.4, 0.5) is 11.4 Å². The van der Waals surface area contributed by atoms with Crippen molar-refractivity contribution in [3.63, 3.8) is 0 Å². The van der Waals surface area contributed by atoms with Crippen molar-refractivity contribution in [3.8, 4) is 0 Å². The maximum atomic E-state index is 11.1. The molecule has 0 unspecified atom stereocenters. The predicted molar refractivity (Wildman–Crippen MR) is 119 cm³/mol. The summed E-state index contributed by atoms with van der Waals surface area (Å²) in [5.74, 6) is 0.249. The van der Waals surface area contributed by atoms with Crippen LogP contribution in [0, 0.1) is 5.41 Å². The van der Waals surface area contributed by atoms with Crippen LogP contribution in [0.15, 0.2) is 60.7 Å². The van der Waals surface area contributed by atoms with E-state index in [0.29, 0.717) is 0 Å². The fourth-order valence-corrected chi connectivity index (χ4v) is 4.60. The van der Waals surface area contributed by atoms with Gasteiger partial charge in [0.2, 0.25) is 0 Å². The largest absolute Gasteiger partial charge is 0.378 e. The lowest BCUT2D eigenvalue weighted by Crippen LogP contribution is -2.25. The number of allylic oxidation sites excluding steroid dienone is 2. The Labute approximate surface area is 169 Å². The summed E-state index contributed by atoms with van der Waals surface area (Å²) in [6, 6.07) is 17.8. The Kier molecular flexibility index (Phi) is 6.23. The van der Waals surface area contributed by atoms with Gasteiger partial charge in [-0.25, -0.2) is 0 Å². The molecular formula is C25H32N2O. The number of rotatable bonds is 7. The molecule has 0 spiro atoms. The average molecular weight is 377 g/mol.